The van der Waals surface area contributed by atoms with E-state index in [0.717, 1.165) is 5.56 Å². The van der Waals surface area contributed by atoms with Gasteiger partial charge in [-0.1, -0.05) is 30.3 Å². The molecule has 1 aromatic carbocycles. The van der Waals surface area contributed by atoms with E-state index in [1.165, 1.54) is 7.11 Å². The number of benzene rings is 1. The Morgan fingerprint density at radius 2 is 1.91 bits per heavy atom. The Balaban J connectivity index is 2.44. The normalized spacial score (nSPS) is 12.3. The number of hydrogen-bond acceptors (Lipinski definition) is 6. The van der Waals surface area contributed by atoms with Crippen LogP contribution in [-0.2, 0) is 29.9 Å². The quantitative estimate of drug-likeness (QED) is 0.558. The molecule has 1 aromatic rings. The second-order valence-electron chi connectivity index (χ2n) is 4.66. The van der Waals surface area contributed by atoms with Crippen LogP contribution in [0, 0.1) is 0 Å². The minimum atomic E-state index is -3.94. The molecule has 0 aliphatic rings. The van der Waals surface area contributed by atoms with E-state index in [2.05, 4.69) is 10.1 Å². The molecular weight excluding hydrogens is 346 g/mol. The van der Waals surface area contributed by atoms with Crippen molar-refractivity contribution in [2.75, 3.05) is 13.7 Å². The van der Waals surface area contributed by atoms with Crippen LogP contribution in [0.25, 0.3) is 0 Å². The van der Waals surface area contributed by atoms with Crippen molar-refractivity contribution in [2.45, 2.75) is 24.7 Å². The summed E-state index contributed by atoms with van der Waals surface area (Å²) in [4.78, 5) is 22.6. The van der Waals surface area contributed by atoms with Crippen molar-refractivity contribution in [3.63, 3.8) is 0 Å². The largest absolute Gasteiger partial charge is 0.469 e. The minimum Gasteiger partial charge on any atom is -0.469 e. The Labute approximate surface area is 139 Å². The number of amides is 1. The number of esters is 1. The van der Waals surface area contributed by atoms with Gasteiger partial charge in [0.25, 0.3) is 0 Å². The van der Waals surface area contributed by atoms with E-state index < -0.39 is 26.4 Å². The number of halogens is 1. The average Bonchev–Trinajstić information content (AvgIpc) is 2.52. The monoisotopic (exact) mass is 363 g/mol. The third-order valence-corrected chi connectivity index (χ3v) is 4.94. The third kappa shape index (κ3) is 7.85. The second-order valence-corrected chi connectivity index (χ2v) is 7.56. The highest BCUT2D eigenvalue weighted by Crippen LogP contribution is 2.13. The summed E-state index contributed by atoms with van der Waals surface area (Å²) in [6, 6.07) is 9.02. The van der Waals surface area contributed by atoms with Gasteiger partial charge in [0.2, 0.25) is 9.05 Å². The molecule has 0 saturated carbocycles. The maximum atomic E-state index is 11.6. The first-order chi connectivity index (χ1) is 10.8. The summed E-state index contributed by atoms with van der Waals surface area (Å²) in [7, 11) is 2.57. The SMILES string of the molecule is COC(=O)CCC(CNC(=O)OCc1ccccc1)S(=O)(=O)Cl. The molecule has 0 fully saturated rings. The summed E-state index contributed by atoms with van der Waals surface area (Å²) in [5.41, 5.74) is 0.801. The predicted molar refractivity (Wildman–Crippen MR) is 84.4 cm³/mol. The smallest absolute Gasteiger partial charge is 0.407 e. The number of rotatable bonds is 8. The lowest BCUT2D eigenvalue weighted by Gasteiger charge is -2.14. The molecule has 1 amide bonds. The molecule has 7 nitrogen and oxygen atoms in total. The summed E-state index contributed by atoms with van der Waals surface area (Å²) in [6.07, 6.45) is -0.942. The molecule has 0 saturated heterocycles. The number of methoxy groups -OCH3 is 1. The first-order valence-corrected chi connectivity index (χ1v) is 9.15. The summed E-state index contributed by atoms with van der Waals surface area (Å²) >= 11 is 0. The Morgan fingerprint density at radius 1 is 1.26 bits per heavy atom. The molecule has 0 bridgehead atoms. The van der Waals surface area contributed by atoms with Crippen LogP contribution in [0.15, 0.2) is 30.3 Å². The van der Waals surface area contributed by atoms with Gasteiger partial charge >= 0.3 is 12.1 Å². The molecule has 1 atom stereocenters. The fraction of sp³-hybridized carbons (Fsp3) is 0.429. The fourth-order valence-electron chi connectivity index (χ4n) is 1.69. The average molecular weight is 364 g/mol. The van der Waals surface area contributed by atoms with Crippen molar-refractivity contribution in [3.8, 4) is 0 Å². The van der Waals surface area contributed by atoms with Gasteiger partial charge in [0.1, 0.15) is 6.61 Å². The summed E-state index contributed by atoms with van der Waals surface area (Å²) < 4.78 is 32.3. The molecule has 9 heteroatoms. The highest BCUT2D eigenvalue weighted by molar-refractivity contribution is 8.14. The van der Waals surface area contributed by atoms with Crippen molar-refractivity contribution in [3.05, 3.63) is 35.9 Å². The maximum Gasteiger partial charge on any atom is 0.407 e. The standard InChI is InChI=1S/C14H18ClNO6S/c1-21-13(17)8-7-12(23(15,19)20)9-16-14(18)22-10-11-5-3-2-4-6-11/h2-6,12H,7-10H2,1H3,(H,16,18). The molecule has 0 aliphatic carbocycles. The lowest BCUT2D eigenvalue weighted by atomic mass is 10.2. The van der Waals surface area contributed by atoms with Crippen LogP contribution in [0.1, 0.15) is 18.4 Å². The van der Waals surface area contributed by atoms with Gasteiger partial charge < -0.3 is 14.8 Å². The zero-order valence-electron chi connectivity index (χ0n) is 12.5. The van der Waals surface area contributed by atoms with E-state index in [0.29, 0.717) is 0 Å². The van der Waals surface area contributed by atoms with E-state index in [1.807, 2.05) is 6.07 Å². The molecule has 1 unspecified atom stereocenters. The summed E-state index contributed by atoms with van der Waals surface area (Å²) in [6.45, 7) is -0.191. The van der Waals surface area contributed by atoms with Crippen molar-refractivity contribution in [2.24, 2.45) is 0 Å². The van der Waals surface area contributed by atoms with Crippen LogP contribution in [0.5, 0.6) is 0 Å². The first kappa shape index (κ1) is 19.2. The third-order valence-electron chi connectivity index (χ3n) is 2.98. The Bertz CT molecular complexity index is 619. The second kappa shape index (κ2) is 9.36. The van der Waals surface area contributed by atoms with Crippen molar-refractivity contribution < 1.29 is 27.5 Å². The molecule has 0 spiro atoms. The molecular formula is C14H18ClNO6S. The van der Waals surface area contributed by atoms with Crippen molar-refractivity contribution >= 4 is 31.8 Å². The van der Waals surface area contributed by atoms with Crippen LogP contribution >= 0.6 is 10.7 Å². The zero-order chi connectivity index (χ0) is 17.3. The zero-order valence-corrected chi connectivity index (χ0v) is 14.1. The van der Waals surface area contributed by atoms with Gasteiger partial charge in [0, 0.05) is 23.6 Å². The van der Waals surface area contributed by atoms with Gasteiger partial charge in [0.05, 0.1) is 12.4 Å². The predicted octanol–water partition coefficient (Wildman–Crippen LogP) is 1.80. The number of ether oxygens (including phenoxy) is 2. The summed E-state index contributed by atoms with van der Waals surface area (Å²) in [5, 5.41) is 1.22. The number of nitrogens with one attached hydrogen (secondary N) is 1. The van der Waals surface area contributed by atoms with E-state index >= 15 is 0 Å². The van der Waals surface area contributed by atoms with Gasteiger partial charge in [-0.05, 0) is 12.0 Å². The van der Waals surface area contributed by atoms with Gasteiger partial charge in [-0.3, -0.25) is 4.79 Å². The molecule has 0 aliphatic heterocycles. The molecule has 23 heavy (non-hydrogen) atoms. The van der Waals surface area contributed by atoms with Crippen LogP contribution in [-0.4, -0.2) is 39.4 Å². The van der Waals surface area contributed by atoms with Crippen molar-refractivity contribution in [1.82, 2.24) is 5.32 Å². The van der Waals surface area contributed by atoms with Gasteiger partial charge in [0.15, 0.2) is 0 Å². The van der Waals surface area contributed by atoms with Crippen molar-refractivity contribution in [1.29, 1.82) is 0 Å². The molecule has 0 radical (unpaired) electrons. The fourth-order valence-corrected chi connectivity index (χ4v) is 2.83. The first-order valence-electron chi connectivity index (χ1n) is 6.77. The highest BCUT2D eigenvalue weighted by atomic mass is 35.7. The topological polar surface area (TPSA) is 98.8 Å². The Kier molecular flexibility index (Phi) is 7.84. The van der Waals surface area contributed by atoms with Gasteiger partial charge in [-0.25, -0.2) is 13.2 Å². The van der Waals surface area contributed by atoms with E-state index in [1.54, 1.807) is 24.3 Å². The van der Waals surface area contributed by atoms with Crippen LogP contribution in [0.4, 0.5) is 4.79 Å². The van der Waals surface area contributed by atoms with E-state index in [9.17, 15) is 18.0 Å². The Hall–Kier alpha value is -1.80. The number of alkyl carbamates (subject to hydrolysis) is 1. The maximum absolute atomic E-state index is 11.6. The molecule has 0 heterocycles. The lowest BCUT2D eigenvalue weighted by molar-refractivity contribution is -0.140. The number of carbonyl (C=O) groups excluding carboxylic acids is 2. The van der Waals surface area contributed by atoms with Crippen LogP contribution < -0.4 is 5.32 Å². The molecule has 1 N–H and O–H groups in total. The van der Waals surface area contributed by atoms with E-state index in [-0.39, 0.29) is 26.0 Å². The molecule has 0 aromatic heterocycles. The van der Waals surface area contributed by atoms with Crippen LogP contribution in [0.3, 0.4) is 0 Å². The lowest BCUT2D eigenvalue weighted by Crippen LogP contribution is -2.35. The molecule has 128 valence electrons. The number of hydrogen-bond donors (Lipinski definition) is 1. The summed E-state index contributed by atoms with van der Waals surface area (Å²) in [5.74, 6) is -0.554. The van der Waals surface area contributed by atoms with Gasteiger partial charge in [-0.15, -0.1) is 0 Å². The van der Waals surface area contributed by atoms with E-state index in [4.69, 9.17) is 15.4 Å². The highest BCUT2D eigenvalue weighted by Gasteiger charge is 2.25. The molecule has 1 rings (SSSR count). The van der Waals surface area contributed by atoms with Gasteiger partial charge in [-0.2, -0.15) is 0 Å². The number of carbonyl (C=O) groups is 2. The minimum absolute atomic E-state index is 0.0581. The van der Waals surface area contributed by atoms with Crippen LogP contribution in [0.2, 0.25) is 0 Å². The Morgan fingerprint density at radius 3 is 2.48 bits per heavy atom.